The van der Waals surface area contributed by atoms with E-state index in [0.717, 1.165) is 0 Å². The van der Waals surface area contributed by atoms with Gasteiger partial charge in [0.05, 0.1) is 6.54 Å². The third-order valence-corrected chi connectivity index (χ3v) is 4.21. The molecule has 8 heteroatoms. The Bertz CT molecular complexity index is 826. The Balaban J connectivity index is 1.61. The van der Waals surface area contributed by atoms with Gasteiger partial charge in [-0.1, -0.05) is 0 Å². The van der Waals surface area contributed by atoms with Gasteiger partial charge < -0.3 is 19.9 Å². The number of halogens is 1. The number of aromatic nitrogens is 1. The van der Waals surface area contributed by atoms with Crippen LogP contribution in [0.25, 0.3) is 0 Å². The predicted octanol–water partition coefficient (Wildman–Crippen LogP) is 2.61. The molecule has 7 nitrogen and oxygen atoms in total. The summed E-state index contributed by atoms with van der Waals surface area (Å²) in [6.07, 6.45) is 1.94. The standard InChI is InChI=1S/C19H21FN4O3/c1-23(2)18(25)16-4-3-10-21-17(16)27-15-9-11-24(12-15)19(26)22-14-7-5-13(20)6-8-14/h3-8,10,15H,9,11-12H2,1-2H3,(H,22,26). The number of anilines is 1. The Morgan fingerprint density at radius 3 is 2.70 bits per heavy atom. The predicted molar refractivity (Wildman–Crippen MR) is 98.3 cm³/mol. The van der Waals surface area contributed by atoms with E-state index in [4.69, 9.17) is 4.74 Å². The van der Waals surface area contributed by atoms with Crippen molar-refractivity contribution in [3.8, 4) is 5.88 Å². The quantitative estimate of drug-likeness (QED) is 0.895. The van der Waals surface area contributed by atoms with Crippen molar-refractivity contribution in [2.75, 3.05) is 32.5 Å². The van der Waals surface area contributed by atoms with Gasteiger partial charge in [-0.2, -0.15) is 0 Å². The fourth-order valence-corrected chi connectivity index (χ4v) is 2.79. The van der Waals surface area contributed by atoms with E-state index in [2.05, 4.69) is 10.3 Å². The van der Waals surface area contributed by atoms with Crippen molar-refractivity contribution in [2.45, 2.75) is 12.5 Å². The van der Waals surface area contributed by atoms with E-state index in [-0.39, 0.29) is 29.7 Å². The topological polar surface area (TPSA) is 74.8 Å². The minimum atomic E-state index is -0.360. The molecule has 1 unspecified atom stereocenters. The number of carbonyl (C=O) groups excluding carboxylic acids is 2. The fraction of sp³-hybridized carbons (Fsp3) is 0.316. The zero-order valence-corrected chi connectivity index (χ0v) is 15.2. The molecule has 1 saturated heterocycles. The molecule has 1 aliphatic heterocycles. The molecule has 3 amide bonds. The first-order valence-corrected chi connectivity index (χ1v) is 8.59. The van der Waals surface area contributed by atoms with Crippen molar-refractivity contribution in [2.24, 2.45) is 0 Å². The molecule has 1 aromatic heterocycles. The maximum Gasteiger partial charge on any atom is 0.321 e. The summed E-state index contributed by atoms with van der Waals surface area (Å²) in [6, 6.07) is 8.65. The van der Waals surface area contributed by atoms with E-state index in [9.17, 15) is 14.0 Å². The second-order valence-corrected chi connectivity index (χ2v) is 6.47. The molecule has 27 heavy (non-hydrogen) atoms. The zero-order valence-electron chi connectivity index (χ0n) is 15.2. The normalized spacial score (nSPS) is 16.1. The number of rotatable bonds is 4. The Labute approximate surface area is 156 Å². The molecule has 3 rings (SSSR count). The first kappa shape index (κ1) is 18.6. The molecule has 0 aliphatic carbocycles. The van der Waals surface area contributed by atoms with Crippen LogP contribution >= 0.6 is 0 Å². The van der Waals surface area contributed by atoms with Gasteiger partial charge in [0, 0.05) is 38.9 Å². The van der Waals surface area contributed by atoms with Gasteiger partial charge in [0.1, 0.15) is 17.5 Å². The molecule has 1 aromatic carbocycles. The molecule has 1 aliphatic rings. The monoisotopic (exact) mass is 372 g/mol. The van der Waals surface area contributed by atoms with Crippen molar-refractivity contribution in [3.05, 3.63) is 54.0 Å². The molecule has 1 fully saturated rings. The molecule has 1 N–H and O–H groups in total. The second kappa shape index (κ2) is 8.03. The van der Waals surface area contributed by atoms with Gasteiger partial charge in [-0.05, 0) is 36.4 Å². The van der Waals surface area contributed by atoms with E-state index in [1.54, 1.807) is 37.3 Å². The van der Waals surface area contributed by atoms with Crippen LogP contribution in [-0.4, -0.2) is 60.0 Å². The minimum absolute atomic E-state index is 0.193. The van der Waals surface area contributed by atoms with Crippen LogP contribution in [0.2, 0.25) is 0 Å². The van der Waals surface area contributed by atoms with Gasteiger partial charge in [-0.3, -0.25) is 4.79 Å². The van der Waals surface area contributed by atoms with Gasteiger partial charge >= 0.3 is 6.03 Å². The lowest BCUT2D eigenvalue weighted by Gasteiger charge is -2.19. The Hall–Kier alpha value is -3.16. The van der Waals surface area contributed by atoms with Crippen LogP contribution in [0.3, 0.4) is 0 Å². The summed E-state index contributed by atoms with van der Waals surface area (Å²) in [4.78, 5) is 31.8. The first-order chi connectivity index (χ1) is 12.9. The van der Waals surface area contributed by atoms with Gasteiger partial charge in [0.2, 0.25) is 5.88 Å². The number of hydrogen-bond donors (Lipinski definition) is 1. The summed E-state index contributed by atoms with van der Waals surface area (Å²) in [5, 5.41) is 2.73. The fourth-order valence-electron chi connectivity index (χ4n) is 2.79. The lowest BCUT2D eigenvalue weighted by Crippen LogP contribution is -2.34. The molecule has 2 aromatic rings. The third kappa shape index (κ3) is 4.52. The highest BCUT2D eigenvalue weighted by atomic mass is 19.1. The number of likely N-dealkylation sites (tertiary alicyclic amines) is 1. The number of urea groups is 1. The maximum atomic E-state index is 12.9. The summed E-state index contributed by atoms with van der Waals surface area (Å²) in [6.45, 7) is 0.890. The number of ether oxygens (including phenoxy) is 1. The average Bonchev–Trinajstić information content (AvgIpc) is 3.12. The number of hydrogen-bond acceptors (Lipinski definition) is 4. The molecule has 0 spiro atoms. The Morgan fingerprint density at radius 1 is 1.26 bits per heavy atom. The average molecular weight is 372 g/mol. The van der Waals surface area contributed by atoms with Crippen LogP contribution < -0.4 is 10.1 Å². The van der Waals surface area contributed by atoms with E-state index in [0.29, 0.717) is 30.8 Å². The molecule has 0 bridgehead atoms. The Morgan fingerprint density at radius 2 is 2.00 bits per heavy atom. The zero-order chi connectivity index (χ0) is 19.4. The highest BCUT2D eigenvalue weighted by Crippen LogP contribution is 2.22. The van der Waals surface area contributed by atoms with Crippen LogP contribution in [0.15, 0.2) is 42.6 Å². The van der Waals surface area contributed by atoms with Crippen molar-refractivity contribution in [1.29, 1.82) is 0 Å². The number of nitrogens with zero attached hydrogens (tertiary/aromatic N) is 3. The van der Waals surface area contributed by atoms with Gasteiger partial charge in [-0.15, -0.1) is 0 Å². The number of pyridine rings is 1. The molecule has 0 saturated carbocycles. The van der Waals surface area contributed by atoms with Crippen molar-refractivity contribution in [3.63, 3.8) is 0 Å². The van der Waals surface area contributed by atoms with E-state index >= 15 is 0 Å². The van der Waals surface area contributed by atoms with E-state index in [1.807, 2.05) is 0 Å². The number of benzene rings is 1. The van der Waals surface area contributed by atoms with Gasteiger partial charge in [0.25, 0.3) is 5.91 Å². The van der Waals surface area contributed by atoms with Crippen molar-refractivity contribution in [1.82, 2.24) is 14.8 Å². The molecule has 0 radical (unpaired) electrons. The smallest absolute Gasteiger partial charge is 0.321 e. The summed E-state index contributed by atoms with van der Waals surface area (Å²) in [5.74, 6) is -0.287. The maximum absolute atomic E-state index is 12.9. The number of carbonyl (C=O) groups is 2. The largest absolute Gasteiger partial charge is 0.472 e. The van der Waals surface area contributed by atoms with Gasteiger partial charge in [0.15, 0.2) is 0 Å². The number of nitrogens with one attached hydrogen (secondary N) is 1. The number of amides is 3. The SMILES string of the molecule is CN(C)C(=O)c1cccnc1OC1CCN(C(=O)Nc2ccc(F)cc2)C1. The van der Waals surface area contributed by atoms with Crippen LogP contribution in [0, 0.1) is 5.82 Å². The summed E-state index contributed by atoms with van der Waals surface area (Å²) >= 11 is 0. The highest BCUT2D eigenvalue weighted by Gasteiger charge is 2.29. The van der Waals surface area contributed by atoms with E-state index in [1.165, 1.54) is 29.2 Å². The van der Waals surface area contributed by atoms with Crippen molar-refractivity contribution < 1.29 is 18.7 Å². The summed E-state index contributed by atoms with van der Waals surface area (Å²) in [7, 11) is 3.33. The molecular formula is C19H21FN4O3. The minimum Gasteiger partial charge on any atom is -0.472 e. The van der Waals surface area contributed by atoms with Crippen LogP contribution in [0.5, 0.6) is 5.88 Å². The first-order valence-electron chi connectivity index (χ1n) is 8.59. The lowest BCUT2D eigenvalue weighted by molar-refractivity contribution is 0.0818. The van der Waals surface area contributed by atoms with Gasteiger partial charge in [-0.25, -0.2) is 14.2 Å². The third-order valence-electron chi connectivity index (χ3n) is 4.21. The second-order valence-electron chi connectivity index (χ2n) is 6.47. The lowest BCUT2D eigenvalue weighted by atomic mass is 10.2. The van der Waals surface area contributed by atoms with Crippen LogP contribution in [-0.2, 0) is 0 Å². The molecule has 2 heterocycles. The molecule has 1 atom stereocenters. The summed E-state index contributed by atoms with van der Waals surface area (Å²) < 4.78 is 18.8. The van der Waals surface area contributed by atoms with Crippen LogP contribution in [0.4, 0.5) is 14.9 Å². The molecule has 142 valence electrons. The van der Waals surface area contributed by atoms with E-state index < -0.39 is 0 Å². The molecular weight excluding hydrogens is 351 g/mol. The Kier molecular flexibility index (Phi) is 5.54. The van der Waals surface area contributed by atoms with Crippen molar-refractivity contribution >= 4 is 17.6 Å². The highest BCUT2D eigenvalue weighted by molar-refractivity contribution is 5.96. The summed E-state index contributed by atoms with van der Waals surface area (Å²) in [5.41, 5.74) is 0.908. The van der Waals surface area contributed by atoms with Crippen LogP contribution in [0.1, 0.15) is 16.8 Å².